The molecule has 0 rings (SSSR count). The third-order valence-corrected chi connectivity index (χ3v) is 3.96. The van der Waals surface area contributed by atoms with Crippen LogP contribution < -0.4 is 0 Å². The van der Waals surface area contributed by atoms with Gasteiger partial charge < -0.3 is 24.5 Å². The van der Waals surface area contributed by atoms with Crippen LogP contribution >= 0.6 is 23.5 Å². The molecule has 19 heavy (non-hydrogen) atoms. The highest BCUT2D eigenvalue weighted by atomic mass is 31.3. The second-order valence-corrected chi connectivity index (χ2v) is 7.22. The van der Waals surface area contributed by atoms with Crippen molar-refractivity contribution in [2.75, 3.05) is 13.2 Å². The zero-order valence-electron chi connectivity index (χ0n) is 9.52. The molecule has 14 heteroatoms. The van der Waals surface area contributed by atoms with E-state index in [9.17, 15) is 13.7 Å². The molecular formula is C5H13O11P3. The number of phosphoric acid groups is 3. The summed E-state index contributed by atoms with van der Waals surface area (Å²) in [5, 5.41) is 0. The third kappa shape index (κ3) is 12.9. The molecule has 0 amide bonds. The van der Waals surface area contributed by atoms with Crippen molar-refractivity contribution in [2.45, 2.75) is 6.92 Å². The molecule has 114 valence electrons. The average Bonchev–Trinajstić information content (AvgIpc) is 2.09. The second kappa shape index (κ2) is 7.21. The third-order valence-electron chi connectivity index (χ3n) is 1.34. The predicted octanol–water partition coefficient (Wildman–Crippen LogP) is 0.268. The molecule has 5 N–H and O–H groups in total. The summed E-state index contributed by atoms with van der Waals surface area (Å²) in [6.45, 7) is 0.345. The highest BCUT2D eigenvalue weighted by Gasteiger charge is 2.31. The molecule has 0 fully saturated rings. The average molecular weight is 342 g/mol. The van der Waals surface area contributed by atoms with Crippen molar-refractivity contribution in [1.29, 1.82) is 0 Å². The van der Waals surface area contributed by atoms with Crippen molar-refractivity contribution in [2.24, 2.45) is 0 Å². The zero-order chi connectivity index (χ0) is 15.3. The first-order valence-electron chi connectivity index (χ1n) is 4.41. The summed E-state index contributed by atoms with van der Waals surface area (Å²) >= 11 is 0. The van der Waals surface area contributed by atoms with Gasteiger partial charge in [-0.25, -0.2) is 13.7 Å². The first-order chi connectivity index (χ1) is 8.31. The van der Waals surface area contributed by atoms with Crippen LogP contribution in [0.2, 0.25) is 0 Å². The lowest BCUT2D eigenvalue weighted by atomic mass is 10.3. The minimum atomic E-state index is -5.17. The Balaban J connectivity index is 4.24. The van der Waals surface area contributed by atoms with E-state index in [4.69, 9.17) is 24.5 Å². The van der Waals surface area contributed by atoms with E-state index in [1.54, 1.807) is 0 Å². The van der Waals surface area contributed by atoms with Crippen LogP contribution in [0.15, 0.2) is 11.6 Å². The van der Waals surface area contributed by atoms with E-state index in [0.29, 0.717) is 0 Å². The molecule has 0 aromatic rings. The van der Waals surface area contributed by atoms with Gasteiger partial charge in [0.2, 0.25) is 0 Å². The van der Waals surface area contributed by atoms with Gasteiger partial charge in [0.25, 0.3) is 0 Å². The summed E-state index contributed by atoms with van der Waals surface area (Å²) in [5.74, 6) is 0. The predicted molar refractivity (Wildman–Crippen MR) is 60.7 cm³/mol. The smallest absolute Gasteiger partial charge is 0.303 e. The summed E-state index contributed by atoms with van der Waals surface area (Å²) in [6.07, 6.45) is 1.11. The monoisotopic (exact) mass is 342 g/mol. The molecule has 0 aliphatic rings. The van der Waals surface area contributed by atoms with Crippen molar-refractivity contribution < 1.29 is 51.5 Å². The van der Waals surface area contributed by atoms with Gasteiger partial charge in [0, 0.05) is 0 Å². The lowest BCUT2D eigenvalue weighted by Gasteiger charge is -2.11. The minimum Gasteiger partial charge on any atom is -0.303 e. The van der Waals surface area contributed by atoms with Gasteiger partial charge in [-0.3, -0.25) is 9.05 Å². The highest BCUT2D eigenvalue weighted by Crippen LogP contribution is 2.57. The van der Waals surface area contributed by atoms with Crippen LogP contribution in [0.3, 0.4) is 0 Å². The molecule has 0 aromatic carbocycles. The fraction of sp³-hybridized carbons (Fsp3) is 0.600. The van der Waals surface area contributed by atoms with Gasteiger partial charge in [-0.05, 0) is 12.5 Å². The lowest BCUT2D eigenvalue weighted by Crippen LogP contribution is -1.97. The van der Waals surface area contributed by atoms with Crippen LogP contribution in [0.1, 0.15) is 6.92 Å². The van der Waals surface area contributed by atoms with Crippen LogP contribution in [0.5, 0.6) is 0 Å². The summed E-state index contributed by atoms with van der Waals surface area (Å²) in [7, 11) is -14.7. The maximum atomic E-state index is 11.0. The summed E-state index contributed by atoms with van der Waals surface area (Å²) in [5.41, 5.74) is 0.250. The molecule has 0 aromatic heterocycles. The van der Waals surface area contributed by atoms with Gasteiger partial charge in [0.05, 0.1) is 13.2 Å². The van der Waals surface area contributed by atoms with Crippen molar-refractivity contribution in [3.63, 3.8) is 0 Å². The van der Waals surface area contributed by atoms with Crippen LogP contribution in [0, 0.1) is 0 Å². The fourth-order valence-electron chi connectivity index (χ4n) is 0.677. The van der Waals surface area contributed by atoms with Crippen LogP contribution in [0.4, 0.5) is 0 Å². The molecule has 0 saturated carbocycles. The van der Waals surface area contributed by atoms with E-state index in [1.165, 1.54) is 6.92 Å². The zero-order valence-corrected chi connectivity index (χ0v) is 12.2. The van der Waals surface area contributed by atoms with Crippen LogP contribution in [0.25, 0.3) is 0 Å². The highest BCUT2D eigenvalue weighted by molar-refractivity contribution is 7.60. The molecule has 0 bridgehead atoms. The van der Waals surface area contributed by atoms with E-state index in [1.807, 2.05) is 0 Å². The molecule has 0 aliphatic heterocycles. The van der Waals surface area contributed by atoms with Gasteiger partial charge in [0.15, 0.2) is 0 Å². The van der Waals surface area contributed by atoms with Gasteiger partial charge >= 0.3 is 23.5 Å². The molecule has 1 atom stereocenters. The molecule has 0 aliphatic carbocycles. The Morgan fingerprint density at radius 2 is 1.53 bits per heavy atom. The van der Waals surface area contributed by atoms with Gasteiger partial charge in [-0.1, -0.05) is 6.08 Å². The van der Waals surface area contributed by atoms with E-state index >= 15 is 0 Å². The molecule has 0 radical (unpaired) electrons. The first kappa shape index (κ1) is 19.1. The summed E-state index contributed by atoms with van der Waals surface area (Å²) in [6, 6.07) is 0. The second-order valence-electron chi connectivity index (χ2n) is 3.15. The van der Waals surface area contributed by atoms with Crippen molar-refractivity contribution in [1.82, 2.24) is 0 Å². The number of hydrogen-bond acceptors (Lipinski definition) is 6. The lowest BCUT2D eigenvalue weighted by molar-refractivity contribution is 0.188. The van der Waals surface area contributed by atoms with Crippen molar-refractivity contribution in [3.8, 4) is 0 Å². The maximum Gasteiger partial charge on any atom is 0.481 e. The van der Waals surface area contributed by atoms with Crippen LogP contribution in [-0.2, 0) is 27.1 Å². The molecular weight excluding hydrogens is 329 g/mol. The maximum absolute atomic E-state index is 11.0. The largest absolute Gasteiger partial charge is 0.481 e. The van der Waals surface area contributed by atoms with E-state index < -0.39 is 36.7 Å². The fourth-order valence-corrected chi connectivity index (χ4v) is 2.58. The Hall–Kier alpha value is 0.110. The van der Waals surface area contributed by atoms with Crippen LogP contribution in [-0.4, -0.2) is 37.7 Å². The van der Waals surface area contributed by atoms with Gasteiger partial charge in [-0.2, -0.15) is 4.31 Å². The van der Waals surface area contributed by atoms with Crippen molar-refractivity contribution in [3.05, 3.63) is 11.6 Å². The molecule has 1 unspecified atom stereocenters. The number of rotatable bonds is 8. The molecule has 0 heterocycles. The molecule has 0 spiro atoms. The van der Waals surface area contributed by atoms with E-state index in [0.717, 1.165) is 6.08 Å². The first-order valence-corrected chi connectivity index (χ1v) is 8.96. The topological polar surface area (TPSA) is 180 Å². The van der Waals surface area contributed by atoms with E-state index in [2.05, 4.69) is 13.4 Å². The molecule has 11 nitrogen and oxygen atoms in total. The number of phosphoric ester groups is 2. The van der Waals surface area contributed by atoms with Gasteiger partial charge in [-0.15, -0.1) is 0 Å². The Kier molecular flexibility index (Phi) is 7.26. The Bertz CT molecular complexity index is 457. The summed E-state index contributed by atoms with van der Waals surface area (Å²) in [4.78, 5) is 42.2. The normalized spacial score (nSPS) is 17.3. The Morgan fingerprint density at radius 3 is 1.95 bits per heavy atom. The Morgan fingerprint density at radius 1 is 1.00 bits per heavy atom. The Labute approximate surface area is 107 Å². The minimum absolute atomic E-state index is 0.250. The SMILES string of the molecule is CC(=CCOP(=O)(O)OP(=O)(O)O)COP(=O)(O)O. The number of hydrogen-bond donors (Lipinski definition) is 5. The molecule has 0 saturated heterocycles. The summed E-state index contributed by atoms with van der Waals surface area (Å²) < 4.78 is 43.4. The standard InChI is InChI=1S/C5H13O11P3/c1-5(4-15-17(6,7)8)2-3-14-19(12,13)16-18(9,10)11/h2H,3-4H2,1H3,(H,12,13)(H2,6,7,8)(H2,9,10,11). The van der Waals surface area contributed by atoms with Crippen molar-refractivity contribution >= 4 is 23.5 Å². The quantitative estimate of drug-likeness (QED) is 0.302. The van der Waals surface area contributed by atoms with Gasteiger partial charge in [0.1, 0.15) is 0 Å². The van der Waals surface area contributed by atoms with E-state index in [-0.39, 0.29) is 5.57 Å².